The van der Waals surface area contributed by atoms with Crippen molar-refractivity contribution < 1.29 is 19.4 Å². The Kier molecular flexibility index (Phi) is 6.21. The van der Waals surface area contributed by atoms with Crippen molar-refractivity contribution in [1.29, 1.82) is 0 Å². The van der Waals surface area contributed by atoms with Gasteiger partial charge in [-0.15, -0.1) is 11.3 Å². The Hall–Kier alpha value is -2.19. The van der Waals surface area contributed by atoms with Gasteiger partial charge in [0.15, 0.2) is 0 Å². The minimum absolute atomic E-state index is 0.0329. The van der Waals surface area contributed by atoms with Crippen molar-refractivity contribution in [3.05, 3.63) is 28.8 Å². The van der Waals surface area contributed by atoms with Gasteiger partial charge in [-0.2, -0.15) is 0 Å². The summed E-state index contributed by atoms with van der Waals surface area (Å²) in [6.07, 6.45) is 3.99. The number of benzene rings is 1. The van der Waals surface area contributed by atoms with Crippen LogP contribution in [0.4, 0.5) is 4.79 Å². The number of ether oxygens (including phenoxy) is 1. The summed E-state index contributed by atoms with van der Waals surface area (Å²) in [4.78, 5) is 31.2. The lowest BCUT2D eigenvalue weighted by Gasteiger charge is -2.35. The molecular formula is C23H31N3O4S. The van der Waals surface area contributed by atoms with E-state index in [1.165, 1.54) is 24.2 Å². The summed E-state index contributed by atoms with van der Waals surface area (Å²) in [6.45, 7) is 6.23. The van der Waals surface area contributed by atoms with Gasteiger partial charge in [-0.1, -0.05) is 12.8 Å². The van der Waals surface area contributed by atoms with Gasteiger partial charge in [-0.3, -0.25) is 4.79 Å². The molecule has 2 aliphatic rings. The van der Waals surface area contributed by atoms with Gasteiger partial charge in [-0.25, -0.2) is 9.78 Å². The monoisotopic (exact) mass is 445 g/mol. The largest absolute Gasteiger partial charge is 0.444 e. The first-order chi connectivity index (χ1) is 14.7. The highest BCUT2D eigenvalue weighted by Gasteiger charge is 2.35. The molecule has 2 unspecified atom stereocenters. The predicted molar refractivity (Wildman–Crippen MR) is 121 cm³/mol. The molecule has 0 spiro atoms. The number of β-amino-alcohol motifs (C(OH)–C–C–N with tert-alkyl or cyclic N) is 1. The van der Waals surface area contributed by atoms with Crippen LogP contribution in [0.25, 0.3) is 10.2 Å². The number of hydrogen-bond acceptors (Lipinski definition) is 6. The van der Waals surface area contributed by atoms with Crippen LogP contribution in [0.3, 0.4) is 0 Å². The molecule has 2 aromatic rings. The van der Waals surface area contributed by atoms with Gasteiger partial charge in [0.1, 0.15) is 5.60 Å². The maximum Gasteiger partial charge on any atom is 0.410 e. The van der Waals surface area contributed by atoms with Gasteiger partial charge in [-0.05, 0) is 58.2 Å². The van der Waals surface area contributed by atoms with Crippen LogP contribution in [-0.4, -0.2) is 57.8 Å². The van der Waals surface area contributed by atoms with Gasteiger partial charge < -0.3 is 20.1 Å². The minimum Gasteiger partial charge on any atom is -0.444 e. The van der Waals surface area contributed by atoms with Crippen molar-refractivity contribution in [1.82, 2.24) is 15.2 Å². The fourth-order valence-electron chi connectivity index (χ4n) is 4.29. The van der Waals surface area contributed by atoms with Crippen molar-refractivity contribution in [2.24, 2.45) is 0 Å². The predicted octanol–water partition coefficient (Wildman–Crippen LogP) is 4.05. The number of hydrogen-bond donors (Lipinski definition) is 2. The molecule has 1 aromatic heterocycles. The lowest BCUT2D eigenvalue weighted by atomic mass is 9.95. The van der Waals surface area contributed by atoms with Crippen LogP contribution in [0.2, 0.25) is 0 Å². The van der Waals surface area contributed by atoms with Crippen LogP contribution >= 0.6 is 11.3 Å². The summed E-state index contributed by atoms with van der Waals surface area (Å²) >= 11 is 1.52. The van der Waals surface area contributed by atoms with Crippen LogP contribution in [0.15, 0.2) is 18.2 Å². The van der Waals surface area contributed by atoms with Crippen LogP contribution in [-0.2, 0) is 4.74 Å². The Morgan fingerprint density at radius 3 is 2.65 bits per heavy atom. The summed E-state index contributed by atoms with van der Waals surface area (Å²) in [5, 5.41) is 14.7. The van der Waals surface area contributed by atoms with E-state index in [1.807, 2.05) is 39.0 Å². The molecule has 0 radical (unpaired) electrons. The van der Waals surface area contributed by atoms with E-state index in [0.717, 1.165) is 28.1 Å². The van der Waals surface area contributed by atoms with E-state index < -0.39 is 17.8 Å². The first-order valence-corrected chi connectivity index (χ1v) is 11.9. The fraction of sp³-hybridized carbons (Fsp3) is 0.609. The number of carbonyl (C=O) groups is 2. The summed E-state index contributed by atoms with van der Waals surface area (Å²) < 4.78 is 6.36. The van der Waals surface area contributed by atoms with Gasteiger partial charge >= 0.3 is 6.09 Å². The Labute approximate surface area is 186 Å². The van der Waals surface area contributed by atoms with E-state index in [2.05, 4.69) is 5.32 Å². The second-order valence-electron chi connectivity index (χ2n) is 9.58. The molecule has 8 heteroatoms. The van der Waals surface area contributed by atoms with Crippen molar-refractivity contribution in [3.63, 3.8) is 0 Å². The third kappa shape index (κ3) is 5.18. The smallest absolute Gasteiger partial charge is 0.410 e. The van der Waals surface area contributed by atoms with Gasteiger partial charge in [0, 0.05) is 24.1 Å². The average molecular weight is 446 g/mol. The van der Waals surface area contributed by atoms with Crippen LogP contribution in [0.1, 0.15) is 74.2 Å². The summed E-state index contributed by atoms with van der Waals surface area (Å²) in [6, 6.07) is 5.87. The second kappa shape index (κ2) is 8.74. The molecule has 2 amide bonds. The lowest BCUT2D eigenvalue weighted by Crippen LogP contribution is -2.47. The standard InChI is InChI=1S/C23H31N3O4S/c1-23(2,3)30-22(29)26-11-10-16(18(27)13-26)21-25-17-9-8-14(12-19(17)31-21)20(28)24-15-6-4-5-7-15/h8-9,12,15-16,18,27H,4-7,10-11,13H2,1-3H3,(H,24,28). The van der Waals surface area contributed by atoms with Crippen molar-refractivity contribution in [3.8, 4) is 0 Å². The first kappa shape index (κ1) is 22.0. The number of thiazole rings is 1. The molecule has 2 N–H and O–H groups in total. The number of aromatic nitrogens is 1. The van der Waals surface area contributed by atoms with Crippen LogP contribution in [0.5, 0.6) is 0 Å². The molecule has 1 aliphatic heterocycles. The molecule has 4 rings (SSSR count). The number of amides is 2. The third-order valence-electron chi connectivity index (χ3n) is 5.91. The number of aliphatic hydroxyl groups excluding tert-OH is 1. The quantitative estimate of drug-likeness (QED) is 0.744. The maximum absolute atomic E-state index is 12.6. The van der Waals surface area contributed by atoms with E-state index >= 15 is 0 Å². The number of nitrogens with one attached hydrogen (secondary N) is 1. The SMILES string of the molecule is CC(C)(C)OC(=O)N1CCC(c2nc3ccc(C(=O)NC4CCCC4)cc3s2)C(O)C1. The molecule has 2 heterocycles. The molecule has 1 aliphatic carbocycles. The Morgan fingerprint density at radius 1 is 1.23 bits per heavy atom. The summed E-state index contributed by atoms with van der Waals surface area (Å²) in [5.41, 5.74) is 0.919. The van der Waals surface area contributed by atoms with Gasteiger partial charge in [0.25, 0.3) is 5.91 Å². The zero-order valence-corrected chi connectivity index (χ0v) is 19.2. The van der Waals surface area contributed by atoms with E-state index in [4.69, 9.17) is 9.72 Å². The Bertz CT molecular complexity index is 961. The summed E-state index contributed by atoms with van der Waals surface area (Å²) in [7, 11) is 0. The molecule has 2 fully saturated rings. The van der Waals surface area contributed by atoms with E-state index in [-0.39, 0.29) is 24.4 Å². The van der Waals surface area contributed by atoms with Crippen LogP contribution in [0, 0.1) is 0 Å². The van der Waals surface area contributed by atoms with Gasteiger partial charge in [0.05, 0.1) is 27.9 Å². The normalized spacial score (nSPS) is 22.6. The Morgan fingerprint density at radius 2 is 1.97 bits per heavy atom. The van der Waals surface area contributed by atoms with E-state index in [9.17, 15) is 14.7 Å². The molecular weight excluding hydrogens is 414 g/mol. The third-order valence-corrected chi connectivity index (χ3v) is 7.06. The maximum atomic E-state index is 12.6. The lowest BCUT2D eigenvalue weighted by molar-refractivity contribution is -0.00152. The molecule has 31 heavy (non-hydrogen) atoms. The number of carbonyl (C=O) groups excluding carboxylic acids is 2. The molecule has 168 valence electrons. The highest BCUT2D eigenvalue weighted by Crippen LogP contribution is 2.35. The first-order valence-electron chi connectivity index (χ1n) is 11.1. The van der Waals surface area contributed by atoms with Crippen molar-refractivity contribution >= 4 is 33.6 Å². The fourth-order valence-corrected chi connectivity index (χ4v) is 5.49. The number of rotatable bonds is 3. The highest BCUT2D eigenvalue weighted by molar-refractivity contribution is 7.18. The minimum atomic E-state index is -0.702. The number of likely N-dealkylation sites (tertiary alicyclic amines) is 1. The summed E-state index contributed by atoms with van der Waals surface area (Å²) in [5.74, 6) is -0.165. The molecule has 7 nitrogen and oxygen atoms in total. The molecule has 2 atom stereocenters. The average Bonchev–Trinajstić information content (AvgIpc) is 3.35. The number of fused-ring (bicyclic) bond motifs is 1. The molecule has 1 saturated carbocycles. The topological polar surface area (TPSA) is 91.8 Å². The zero-order chi connectivity index (χ0) is 22.2. The molecule has 0 bridgehead atoms. The number of piperidine rings is 1. The van der Waals surface area contributed by atoms with Crippen molar-refractivity contribution in [2.45, 2.75) is 76.5 Å². The van der Waals surface area contributed by atoms with Gasteiger partial charge in [0.2, 0.25) is 0 Å². The Balaban J connectivity index is 1.44. The molecule has 1 aromatic carbocycles. The van der Waals surface area contributed by atoms with Crippen molar-refractivity contribution in [2.75, 3.05) is 13.1 Å². The van der Waals surface area contributed by atoms with Crippen LogP contribution < -0.4 is 5.32 Å². The second-order valence-corrected chi connectivity index (χ2v) is 10.6. The van der Waals surface area contributed by atoms with E-state index in [1.54, 1.807) is 4.90 Å². The zero-order valence-electron chi connectivity index (χ0n) is 18.4. The highest BCUT2D eigenvalue weighted by atomic mass is 32.1. The number of nitrogens with zero attached hydrogens (tertiary/aromatic N) is 2. The van der Waals surface area contributed by atoms with E-state index in [0.29, 0.717) is 18.5 Å². The molecule has 1 saturated heterocycles. The number of aliphatic hydroxyl groups is 1.